The number of thiocarbonyl (C=S) groups is 1. The Balaban J connectivity index is 1.51. The highest BCUT2D eigenvalue weighted by Gasteiger charge is 2.31. The molecule has 0 N–H and O–H groups in total. The third-order valence-electron chi connectivity index (χ3n) is 5.69. The van der Waals surface area contributed by atoms with Gasteiger partial charge < -0.3 is 4.74 Å². The average Bonchev–Trinajstić information content (AvgIpc) is 3.46. The molecule has 184 valence electrons. The Hall–Kier alpha value is -3.65. The monoisotopic (exact) mass is 543 g/mol. The molecule has 4 aromatic rings. The van der Waals surface area contributed by atoms with Crippen LogP contribution in [0.4, 0.5) is 0 Å². The van der Waals surface area contributed by atoms with Crippen LogP contribution in [0.3, 0.4) is 0 Å². The van der Waals surface area contributed by atoms with Crippen molar-refractivity contribution >= 4 is 51.9 Å². The van der Waals surface area contributed by atoms with Gasteiger partial charge >= 0.3 is 0 Å². The largest absolute Gasteiger partial charge is 0.489 e. The molecule has 0 radical (unpaired) electrons. The minimum Gasteiger partial charge on any atom is -0.489 e. The molecule has 0 saturated carbocycles. The molecule has 0 bridgehead atoms. The van der Waals surface area contributed by atoms with Crippen molar-refractivity contribution in [3.8, 4) is 22.7 Å². The van der Waals surface area contributed by atoms with Gasteiger partial charge in [0.1, 0.15) is 22.4 Å². The van der Waals surface area contributed by atoms with Crippen molar-refractivity contribution in [3.05, 3.63) is 119 Å². The smallest absolute Gasteiger partial charge is 0.266 e. The minimum absolute atomic E-state index is 0.134. The molecule has 1 amide bonds. The molecule has 0 atom stereocenters. The summed E-state index contributed by atoms with van der Waals surface area (Å²) >= 11 is 13.0. The van der Waals surface area contributed by atoms with Gasteiger partial charge in [-0.05, 0) is 36.4 Å². The van der Waals surface area contributed by atoms with Crippen LogP contribution in [0.25, 0.3) is 23.0 Å². The summed E-state index contributed by atoms with van der Waals surface area (Å²) in [4.78, 5) is 15.1. The molecule has 8 heteroatoms. The van der Waals surface area contributed by atoms with Crippen molar-refractivity contribution in [2.75, 3.05) is 6.54 Å². The summed E-state index contributed by atoms with van der Waals surface area (Å²) in [6.45, 7) is 4.45. The van der Waals surface area contributed by atoms with Gasteiger partial charge in [0, 0.05) is 34.5 Å². The van der Waals surface area contributed by atoms with Gasteiger partial charge in [0.2, 0.25) is 0 Å². The maximum absolute atomic E-state index is 13.0. The molecule has 5 nitrogen and oxygen atoms in total. The van der Waals surface area contributed by atoms with Crippen LogP contribution in [0, 0.1) is 0 Å². The zero-order chi connectivity index (χ0) is 25.8. The average molecular weight is 544 g/mol. The summed E-state index contributed by atoms with van der Waals surface area (Å²) in [5, 5.41) is 5.54. The van der Waals surface area contributed by atoms with E-state index >= 15 is 0 Å². The molecule has 1 fully saturated rings. The third-order valence-corrected chi connectivity index (χ3v) is 7.44. The van der Waals surface area contributed by atoms with Crippen LogP contribution in [0.2, 0.25) is 5.02 Å². The lowest BCUT2D eigenvalue weighted by Crippen LogP contribution is -2.27. The SMILES string of the molecule is C=CCN1C(=O)C(=Cc2cn(-c3ccccc3)nc2-c2cccc(OCc3ccccc3Cl)c2)SC1=S. The highest BCUT2D eigenvalue weighted by atomic mass is 35.5. The van der Waals surface area contributed by atoms with Gasteiger partial charge in [0.15, 0.2) is 0 Å². The minimum atomic E-state index is -0.134. The number of benzene rings is 3. The maximum atomic E-state index is 13.0. The predicted octanol–water partition coefficient (Wildman–Crippen LogP) is 7.16. The fourth-order valence-electron chi connectivity index (χ4n) is 3.87. The molecule has 1 saturated heterocycles. The number of hydrogen-bond donors (Lipinski definition) is 0. The predicted molar refractivity (Wildman–Crippen MR) is 155 cm³/mol. The van der Waals surface area contributed by atoms with Crippen LogP contribution in [0.5, 0.6) is 5.75 Å². The first kappa shape index (κ1) is 25.0. The first-order valence-corrected chi connectivity index (χ1v) is 13.1. The van der Waals surface area contributed by atoms with Crippen molar-refractivity contribution in [2.24, 2.45) is 0 Å². The zero-order valence-corrected chi connectivity index (χ0v) is 22.1. The van der Waals surface area contributed by atoms with E-state index in [1.165, 1.54) is 11.8 Å². The van der Waals surface area contributed by atoms with Crippen LogP contribution in [-0.2, 0) is 11.4 Å². The van der Waals surface area contributed by atoms with E-state index in [1.54, 1.807) is 11.0 Å². The molecular weight excluding hydrogens is 522 g/mol. The number of rotatable bonds is 8. The molecule has 0 spiro atoms. The first-order valence-electron chi connectivity index (χ1n) is 11.5. The van der Waals surface area contributed by atoms with E-state index in [9.17, 15) is 4.79 Å². The maximum Gasteiger partial charge on any atom is 0.266 e. The van der Waals surface area contributed by atoms with E-state index in [0.717, 1.165) is 28.1 Å². The Morgan fingerprint density at radius 1 is 1.05 bits per heavy atom. The molecule has 1 aliphatic rings. The molecule has 5 rings (SSSR count). The number of amides is 1. The summed E-state index contributed by atoms with van der Waals surface area (Å²) in [6, 6.07) is 25.2. The van der Waals surface area contributed by atoms with Gasteiger partial charge in [-0.2, -0.15) is 5.10 Å². The summed E-state index contributed by atoms with van der Waals surface area (Å²) in [7, 11) is 0. The van der Waals surface area contributed by atoms with Crippen LogP contribution in [-0.4, -0.2) is 31.5 Å². The quantitative estimate of drug-likeness (QED) is 0.134. The Labute approximate surface area is 230 Å². The van der Waals surface area contributed by atoms with E-state index in [1.807, 2.05) is 95.8 Å². The third kappa shape index (κ3) is 5.54. The number of thioether (sulfide) groups is 1. The lowest BCUT2D eigenvalue weighted by Gasteiger charge is -2.10. The van der Waals surface area contributed by atoms with Crippen LogP contribution < -0.4 is 4.74 Å². The van der Waals surface area contributed by atoms with Gasteiger partial charge in [-0.25, -0.2) is 4.68 Å². The Morgan fingerprint density at radius 3 is 2.62 bits per heavy atom. The topological polar surface area (TPSA) is 47.4 Å². The van der Waals surface area contributed by atoms with Gasteiger partial charge in [0.25, 0.3) is 5.91 Å². The summed E-state index contributed by atoms with van der Waals surface area (Å²) < 4.78 is 8.37. The highest BCUT2D eigenvalue weighted by molar-refractivity contribution is 8.26. The number of hydrogen-bond acceptors (Lipinski definition) is 5. The van der Waals surface area contributed by atoms with Crippen LogP contribution in [0.15, 0.2) is 103 Å². The molecule has 2 heterocycles. The van der Waals surface area contributed by atoms with Crippen LogP contribution in [0.1, 0.15) is 11.1 Å². The Bertz CT molecular complexity index is 1510. The molecule has 0 unspecified atom stereocenters. The second kappa shape index (κ2) is 11.2. The second-order valence-electron chi connectivity index (χ2n) is 8.20. The van der Waals surface area contributed by atoms with Gasteiger partial charge in [-0.15, -0.1) is 6.58 Å². The second-order valence-corrected chi connectivity index (χ2v) is 10.3. The number of para-hydroxylation sites is 1. The zero-order valence-electron chi connectivity index (χ0n) is 19.7. The van der Waals surface area contributed by atoms with Crippen molar-refractivity contribution in [1.82, 2.24) is 14.7 Å². The number of halogens is 1. The number of nitrogens with zero attached hydrogens (tertiary/aromatic N) is 3. The van der Waals surface area contributed by atoms with E-state index in [4.69, 9.17) is 33.7 Å². The fraction of sp³-hybridized carbons (Fsp3) is 0.0690. The van der Waals surface area contributed by atoms with Crippen molar-refractivity contribution in [3.63, 3.8) is 0 Å². The number of ether oxygens (including phenoxy) is 1. The van der Waals surface area contributed by atoms with E-state index < -0.39 is 0 Å². The lowest BCUT2D eigenvalue weighted by atomic mass is 10.1. The lowest BCUT2D eigenvalue weighted by molar-refractivity contribution is -0.121. The standard InChI is InChI=1S/C29H22ClN3O2S2/c1-2-15-32-28(34)26(37-29(32)36)17-22-18-33(23-11-4-3-5-12-23)31-27(22)20-10-8-13-24(16-20)35-19-21-9-6-7-14-25(21)30/h2-14,16-18H,1,15,19H2. The Morgan fingerprint density at radius 2 is 1.84 bits per heavy atom. The number of aromatic nitrogens is 2. The van der Waals surface area contributed by atoms with E-state index in [-0.39, 0.29) is 5.91 Å². The summed E-state index contributed by atoms with van der Waals surface area (Å²) in [6.07, 6.45) is 5.43. The van der Waals surface area contributed by atoms with Gasteiger partial charge in [-0.3, -0.25) is 9.69 Å². The first-order chi connectivity index (χ1) is 18.0. The number of carbonyl (C=O) groups excluding carboxylic acids is 1. The molecule has 37 heavy (non-hydrogen) atoms. The molecule has 1 aromatic heterocycles. The van der Waals surface area contributed by atoms with E-state index in [0.29, 0.717) is 33.1 Å². The molecular formula is C29H22ClN3O2S2. The molecule has 1 aliphatic heterocycles. The summed E-state index contributed by atoms with van der Waals surface area (Å²) in [5.41, 5.74) is 4.20. The van der Waals surface area contributed by atoms with Gasteiger partial charge in [0.05, 0.1) is 10.6 Å². The fourth-order valence-corrected chi connectivity index (χ4v) is 5.32. The Kier molecular flexibility index (Phi) is 7.55. The van der Waals surface area contributed by atoms with E-state index in [2.05, 4.69) is 6.58 Å². The normalized spacial score (nSPS) is 14.4. The summed E-state index contributed by atoms with van der Waals surface area (Å²) in [5.74, 6) is 0.556. The molecule has 3 aromatic carbocycles. The van der Waals surface area contributed by atoms with Gasteiger partial charge in [-0.1, -0.05) is 90.2 Å². The van der Waals surface area contributed by atoms with Crippen molar-refractivity contribution < 1.29 is 9.53 Å². The van der Waals surface area contributed by atoms with Crippen molar-refractivity contribution in [2.45, 2.75) is 6.61 Å². The van der Waals surface area contributed by atoms with Crippen LogP contribution >= 0.6 is 35.6 Å². The highest BCUT2D eigenvalue weighted by Crippen LogP contribution is 2.35. The van der Waals surface area contributed by atoms with Crippen molar-refractivity contribution in [1.29, 1.82) is 0 Å². The number of carbonyl (C=O) groups is 1. The molecule has 0 aliphatic carbocycles.